The first-order chi connectivity index (χ1) is 14.8. The number of carbonyl (C=O) groups is 1. The lowest BCUT2D eigenvalue weighted by molar-refractivity contribution is -0.119. The van der Waals surface area contributed by atoms with Crippen molar-refractivity contribution in [3.63, 3.8) is 0 Å². The van der Waals surface area contributed by atoms with Crippen molar-refractivity contribution >= 4 is 33.2 Å². The molecule has 0 aromatic heterocycles. The molecule has 168 valence electrons. The highest BCUT2D eigenvalue weighted by atomic mass is 35.5. The molecule has 0 aliphatic carbocycles. The number of likely N-dealkylation sites (tertiary alicyclic amines) is 1. The molecule has 0 spiro atoms. The molecule has 1 fully saturated rings. The van der Waals surface area contributed by atoms with Gasteiger partial charge < -0.3 is 5.32 Å². The average Bonchev–Trinajstić information content (AvgIpc) is 2.74. The zero-order valence-corrected chi connectivity index (χ0v) is 19.7. The molecular formula is C23H30ClN3O3S. The van der Waals surface area contributed by atoms with E-state index in [0.29, 0.717) is 22.8 Å². The Bertz CT molecular complexity index is 1020. The summed E-state index contributed by atoms with van der Waals surface area (Å²) in [6.07, 6.45) is 4.83. The number of anilines is 1. The minimum Gasteiger partial charge on any atom is -0.350 e. The van der Waals surface area contributed by atoms with Gasteiger partial charge in [-0.25, -0.2) is 8.42 Å². The Labute approximate surface area is 190 Å². The Morgan fingerprint density at radius 1 is 1.06 bits per heavy atom. The van der Waals surface area contributed by atoms with Crippen LogP contribution in [0.15, 0.2) is 42.5 Å². The van der Waals surface area contributed by atoms with Crippen molar-refractivity contribution in [1.82, 2.24) is 10.2 Å². The highest BCUT2D eigenvalue weighted by Crippen LogP contribution is 2.28. The number of carbonyl (C=O) groups excluding carboxylic acids is 1. The molecule has 2 aromatic carbocycles. The Kier molecular flexibility index (Phi) is 7.97. The molecule has 31 heavy (non-hydrogen) atoms. The molecular weight excluding hydrogens is 434 g/mol. The molecule has 6 nitrogen and oxygen atoms in total. The van der Waals surface area contributed by atoms with Gasteiger partial charge in [-0.3, -0.25) is 14.0 Å². The molecule has 1 aliphatic heterocycles. The van der Waals surface area contributed by atoms with E-state index in [2.05, 4.69) is 16.3 Å². The van der Waals surface area contributed by atoms with Gasteiger partial charge in [-0.15, -0.1) is 0 Å². The van der Waals surface area contributed by atoms with E-state index in [1.165, 1.54) is 24.8 Å². The fraction of sp³-hybridized carbons (Fsp3) is 0.435. The highest BCUT2D eigenvalue weighted by Gasteiger charge is 2.23. The number of hydrogen-bond acceptors (Lipinski definition) is 4. The Morgan fingerprint density at radius 2 is 1.74 bits per heavy atom. The van der Waals surface area contributed by atoms with Crippen molar-refractivity contribution in [2.75, 3.05) is 30.2 Å². The van der Waals surface area contributed by atoms with Crippen LogP contribution in [-0.4, -0.2) is 45.1 Å². The van der Waals surface area contributed by atoms with Crippen LogP contribution >= 0.6 is 11.6 Å². The van der Waals surface area contributed by atoms with Gasteiger partial charge in [0.2, 0.25) is 15.9 Å². The lowest BCUT2D eigenvalue weighted by atomic mass is 10.0. The van der Waals surface area contributed by atoms with Crippen LogP contribution < -0.4 is 9.62 Å². The van der Waals surface area contributed by atoms with Crippen molar-refractivity contribution in [3.05, 3.63) is 64.2 Å². The molecule has 1 aliphatic rings. The Balaban J connectivity index is 1.68. The van der Waals surface area contributed by atoms with Gasteiger partial charge in [0, 0.05) is 18.1 Å². The largest absolute Gasteiger partial charge is 0.350 e. The number of benzene rings is 2. The van der Waals surface area contributed by atoms with Gasteiger partial charge in [0.05, 0.1) is 11.9 Å². The monoisotopic (exact) mass is 463 g/mol. The SMILES string of the molecule is Cc1c(Cl)cccc1N(CC(=O)NCc1ccccc1CN1CCCCC1)S(C)(=O)=O. The molecule has 1 heterocycles. The van der Waals surface area contributed by atoms with Crippen molar-refractivity contribution in [2.24, 2.45) is 0 Å². The third kappa shape index (κ3) is 6.45. The second-order valence-corrected chi connectivity index (χ2v) is 10.3. The summed E-state index contributed by atoms with van der Waals surface area (Å²) in [5, 5.41) is 3.34. The van der Waals surface area contributed by atoms with Gasteiger partial charge in [-0.05, 0) is 61.7 Å². The average molecular weight is 464 g/mol. The van der Waals surface area contributed by atoms with Crippen LogP contribution in [0.5, 0.6) is 0 Å². The molecule has 3 rings (SSSR count). The molecule has 1 amide bonds. The Hall–Kier alpha value is -2.09. The second kappa shape index (κ2) is 10.5. The van der Waals surface area contributed by atoms with Gasteiger partial charge in [-0.1, -0.05) is 48.4 Å². The van der Waals surface area contributed by atoms with Gasteiger partial charge >= 0.3 is 0 Å². The molecule has 2 aromatic rings. The van der Waals surface area contributed by atoms with Crippen LogP contribution in [0.3, 0.4) is 0 Å². The molecule has 0 radical (unpaired) electrons. The maximum Gasteiger partial charge on any atom is 0.241 e. The first-order valence-electron chi connectivity index (χ1n) is 10.5. The smallest absolute Gasteiger partial charge is 0.241 e. The maximum atomic E-state index is 12.7. The number of piperidine rings is 1. The van der Waals surface area contributed by atoms with Crippen LogP contribution in [0.25, 0.3) is 0 Å². The minimum atomic E-state index is -3.66. The number of nitrogens with one attached hydrogen (secondary N) is 1. The molecule has 1 saturated heterocycles. The summed E-state index contributed by atoms with van der Waals surface area (Å²) in [4.78, 5) is 15.1. The number of amides is 1. The third-order valence-corrected chi connectivity index (χ3v) is 7.17. The standard InChI is InChI=1S/C23H30ClN3O3S/c1-18-21(24)11-8-12-22(18)27(31(2,29)30)17-23(28)25-15-19-9-4-5-10-20(19)16-26-13-6-3-7-14-26/h4-5,8-12H,3,6-7,13-17H2,1-2H3,(H,25,28). The van der Waals surface area contributed by atoms with E-state index in [1.807, 2.05) is 18.2 Å². The summed E-state index contributed by atoms with van der Waals surface area (Å²) in [7, 11) is -3.66. The number of hydrogen-bond donors (Lipinski definition) is 1. The van der Waals surface area contributed by atoms with Crippen LogP contribution in [0.4, 0.5) is 5.69 Å². The van der Waals surface area contributed by atoms with Crippen molar-refractivity contribution in [1.29, 1.82) is 0 Å². The summed E-state index contributed by atoms with van der Waals surface area (Å²) < 4.78 is 25.9. The lowest BCUT2D eigenvalue weighted by Gasteiger charge is -2.27. The third-order valence-electron chi connectivity index (χ3n) is 5.63. The van der Waals surface area contributed by atoms with Crippen molar-refractivity contribution < 1.29 is 13.2 Å². The maximum absolute atomic E-state index is 12.7. The number of rotatable bonds is 8. The van der Waals surface area contributed by atoms with E-state index < -0.39 is 10.0 Å². The van der Waals surface area contributed by atoms with E-state index in [0.717, 1.165) is 35.8 Å². The van der Waals surface area contributed by atoms with Crippen LogP contribution in [0.2, 0.25) is 5.02 Å². The van der Waals surface area contributed by atoms with Crippen LogP contribution in [0, 0.1) is 6.92 Å². The summed E-state index contributed by atoms with van der Waals surface area (Å²) in [6, 6.07) is 13.1. The quantitative estimate of drug-likeness (QED) is 0.647. The lowest BCUT2D eigenvalue weighted by Crippen LogP contribution is -2.40. The number of sulfonamides is 1. The van der Waals surface area contributed by atoms with Crippen molar-refractivity contribution in [2.45, 2.75) is 39.3 Å². The normalized spacial score (nSPS) is 14.9. The zero-order chi connectivity index (χ0) is 22.4. The predicted octanol–water partition coefficient (Wildman–Crippen LogP) is 3.72. The summed E-state index contributed by atoms with van der Waals surface area (Å²) >= 11 is 6.16. The minimum absolute atomic E-state index is 0.297. The van der Waals surface area contributed by atoms with E-state index in [-0.39, 0.29) is 12.5 Å². The van der Waals surface area contributed by atoms with E-state index in [1.54, 1.807) is 25.1 Å². The zero-order valence-electron chi connectivity index (χ0n) is 18.1. The fourth-order valence-corrected chi connectivity index (χ4v) is 4.95. The molecule has 0 atom stereocenters. The summed E-state index contributed by atoms with van der Waals surface area (Å²) in [6.45, 7) is 4.86. The first kappa shape index (κ1) is 23.6. The highest BCUT2D eigenvalue weighted by molar-refractivity contribution is 7.92. The Morgan fingerprint density at radius 3 is 2.42 bits per heavy atom. The van der Waals surface area contributed by atoms with E-state index in [9.17, 15) is 13.2 Å². The molecule has 0 unspecified atom stereocenters. The summed E-state index contributed by atoms with van der Waals surface area (Å²) in [5.74, 6) is -0.363. The van der Waals surface area contributed by atoms with E-state index in [4.69, 9.17) is 11.6 Å². The second-order valence-electron chi connectivity index (χ2n) is 8.04. The summed E-state index contributed by atoms with van der Waals surface area (Å²) in [5.41, 5.74) is 3.27. The van der Waals surface area contributed by atoms with Crippen LogP contribution in [-0.2, 0) is 27.9 Å². The van der Waals surface area contributed by atoms with Gasteiger partial charge in [0.15, 0.2) is 0 Å². The molecule has 1 N–H and O–H groups in total. The number of nitrogens with zero attached hydrogens (tertiary/aromatic N) is 2. The van der Waals surface area contributed by atoms with Gasteiger partial charge in [0.1, 0.15) is 6.54 Å². The first-order valence-corrected chi connectivity index (χ1v) is 12.8. The predicted molar refractivity (Wildman–Crippen MR) is 126 cm³/mol. The topological polar surface area (TPSA) is 69.7 Å². The van der Waals surface area contributed by atoms with Crippen LogP contribution in [0.1, 0.15) is 36.0 Å². The molecule has 8 heteroatoms. The van der Waals surface area contributed by atoms with E-state index >= 15 is 0 Å². The molecule has 0 saturated carbocycles. The van der Waals surface area contributed by atoms with Crippen molar-refractivity contribution in [3.8, 4) is 0 Å². The number of halogens is 1. The van der Waals surface area contributed by atoms with Gasteiger partial charge in [-0.2, -0.15) is 0 Å². The van der Waals surface area contributed by atoms with Gasteiger partial charge in [0.25, 0.3) is 0 Å². The molecule has 0 bridgehead atoms. The fourth-order valence-electron chi connectivity index (χ4n) is 3.87.